The van der Waals surface area contributed by atoms with Gasteiger partial charge in [-0.15, -0.1) is 0 Å². The second-order valence-electron chi connectivity index (χ2n) is 3.75. The van der Waals surface area contributed by atoms with Crippen LogP contribution < -0.4 is 0 Å². The maximum atomic E-state index is 8.74. The molecule has 0 aliphatic rings. The van der Waals surface area contributed by atoms with Gasteiger partial charge in [0.1, 0.15) is 5.82 Å². The molecular formula is C10H20N2O4S. The largest absolute Gasteiger partial charge is 0.394 e. The number of rotatable bonds is 5. The van der Waals surface area contributed by atoms with Gasteiger partial charge in [-0.3, -0.25) is 9.11 Å². The molecule has 0 unspecified atom stereocenters. The van der Waals surface area contributed by atoms with Crippen LogP contribution in [-0.4, -0.2) is 27.5 Å². The Morgan fingerprint density at radius 1 is 1.29 bits per heavy atom. The van der Waals surface area contributed by atoms with Gasteiger partial charge >= 0.3 is 10.4 Å². The molecule has 0 fully saturated rings. The third-order valence-electron chi connectivity index (χ3n) is 2.03. The van der Waals surface area contributed by atoms with E-state index in [2.05, 4.69) is 16.9 Å². The number of nitrogens with one attached hydrogen (secondary N) is 1. The third-order valence-corrected chi connectivity index (χ3v) is 2.03. The molecule has 0 aliphatic carbocycles. The van der Waals surface area contributed by atoms with Crippen LogP contribution in [0.5, 0.6) is 0 Å². The van der Waals surface area contributed by atoms with Gasteiger partial charge in [-0.1, -0.05) is 26.2 Å². The van der Waals surface area contributed by atoms with E-state index in [0.29, 0.717) is 0 Å². The number of aryl methyl sites for hydroxylation is 2. The lowest BCUT2D eigenvalue weighted by Crippen LogP contribution is -1.89. The molecule has 3 N–H and O–H groups in total. The Kier molecular flexibility index (Phi) is 7.77. The fourth-order valence-corrected chi connectivity index (χ4v) is 1.31. The van der Waals surface area contributed by atoms with E-state index in [1.54, 1.807) is 0 Å². The number of unbranched alkanes of at least 4 members (excludes halogenated alkanes) is 3. The number of H-pyrrole nitrogens is 1. The molecule has 7 heteroatoms. The van der Waals surface area contributed by atoms with Crippen LogP contribution >= 0.6 is 0 Å². The Balaban J connectivity index is 0.000000437. The van der Waals surface area contributed by atoms with Gasteiger partial charge in [-0.25, -0.2) is 4.98 Å². The summed E-state index contributed by atoms with van der Waals surface area (Å²) in [4.78, 5) is 7.52. The predicted molar refractivity (Wildman–Crippen MR) is 65.3 cm³/mol. The van der Waals surface area contributed by atoms with Crippen molar-refractivity contribution in [3.8, 4) is 0 Å². The quantitative estimate of drug-likeness (QED) is 0.558. The lowest BCUT2D eigenvalue weighted by Gasteiger charge is -1.95. The normalized spacial score (nSPS) is 10.8. The van der Waals surface area contributed by atoms with Crippen LogP contribution in [0, 0.1) is 6.92 Å². The molecule has 0 amide bonds. The van der Waals surface area contributed by atoms with Crippen molar-refractivity contribution in [1.82, 2.24) is 9.97 Å². The third kappa shape index (κ3) is 13.0. The Morgan fingerprint density at radius 2 is 1.88 bits per heavy atom. The van der Waals surface area contributed by atoms with Crippen LogP contribution in [-0.2, 0) is 16.8 Å². The summed E-state index contributed by atoms with van der Waals surface area (Å²) in [6.07, 6.45) is 8.32. The molecule has 1 heterocycles. The molecule has 0 saturated heterocycles. The number of aromatic amines is 1. The van der Waals surface area contributed by atoms with Crippen molar-refractivity contribution >= 4 is 10.4 Å². The molecule has 1 aromatic rings. The van der Waals surface area contributed by atoms with Gasteiger partial charge in [0.15, 0.2) is 0 Å². The van der Waals surface area contributed by atoms with E-state index in [-0.39, 0.29) is 0 Å². The summed E-state index contributed by atoms with van der Waals surface area (Å²) >= 11 is 0. The highest BCUT2D eigenvalue weighted by Gasteiger charge is 1.96. The predicted octanol–water partition coefficient (Wildman–Crippen LogP) is 2.19. The average Bonchev–Trinajstić information content (AvgIpc) is 2.56. The number of hydrogen-bond acceptors (Lipinski definition) is 3. The van der Waals surface area contributed by atoms with Gasteiger partial charge in [0.05, 0.1) is 5.69 Å². The van der Waals surface area contributed by atoms with Crippen molar-refractivity contribution in [2.24, 2.45) is 0 Å². The van der Waals surface area contributed by atoms with Gasteiger partial charge in [0.25, 0.3) is 0 Å². The Bertz CT molecular complexity index is 392. The molecule has 0 bridgehead atoms. The zero-order chi connectivity index (χ0) is 13.3. The molecule has 6 nitrogen and oxygen atoms in total. The Hall–Kier alpha value is -0.920. The zero-order valence-electron chi connectivity index (χ0n) is 10.2. The maximum Gasteiger partial charge on any atom is 0.394 e. The van der Waals surface area contributed by atoms with E-state index in [1.165, 1.54) is 25.7 Å². The fourth-order valence-electron chi connectivity index (χ4n) is 1.31. The molecule has 0 spiro atoms. The highest BCUT2D eigenvalue weighted by molar-refractivity contribution is 7.79. The van der Waals surface area contributed by atoms with Crippen molar-refractivity contribution < 1.29 is 17.5 Å². The van der Waals surface area contributed by atoms with E-state index in [4.69, 9.17) is 17.5 Å². The molecule has 1 aromatic heterocycles. The van der Waals surface area contributed by atoms with Gasteiger partial charge in [0, 0.05) is 12.6 Å². The summed E-state index contributed by atoms with van der Waals surface area (Å²) in [6.45, 7) is 4.25. The van der Waals surface area contributed by atoms with Crippen LogP contribution in [0.25, 0.3) is 0 Å². The lowest BCUT2D eigenvalue weighted by molar-refractivity contribution is 0.381. The second-order valence-corrected chi connectivity index (χ2v) is 4.64. The zero-order valence-corrected chi connectivity index (χ0v) is 11.0. The second kappa shape index (κ2) is 8.21. The summed E-state index contributed by atoms with van der Waals surface area (Å²) in [7, 11) is -4.67. The first-order valence-corrected chi connectivity index (χ1v) is 6.93. The first kappa shape index (κ1) is 16.1. The van der Waals surface area contributed by atoms with Crippen molar-refractivity contribution in [3.05, 3.63) is 17.7 Å². The highest BCUT2D eigenvalue weighted by atomic mass is 32.3. The molecule has 17 heavy (non-hydrogen) atoms. The summed E-state index contributed by atoms with van der Waals surface area (Å²) in [6, 6.07) is 0. The van der Waals surface area contributed by atoms with E-state index in [9.17, 15) is 0 Å². The summed E-state index contributed by atoms with van der Waals surface area (Å²) in [5, 5.41) is 0. The lowest BCUT2D eigenvalue weighted by atomic mass is 10.1. The minimum absolute atomic E-state index is 1.10. The van der Waals surface area contributed by atoms with Crippen LogP contribution in [0.2, 0.25) is 0 Å². The SMILES string of the molecule is CCCCCCc1nc(C)c[nH]1.O=S(=O)(O)O. The van der Waals surface area contributed by atoms with Gasteiger partial charge < -0.3 is 4.98 Å². The maximum absolute atomic E-state index is 8.74. The topological polar surface area (TPSA) is 103 Å². The summed E-state index contributed by atoms with van der Waals surface area (Å²) in [5.74, 6) is 1.14. The van der Waals surface area contributed by atoms with E-state index >= 15 is 0 Å². The monoisotopic (exact) mass is 264 g/mol. The van der Waals surface area contributed by atoms with Gasteiger partial charge in [-0.05, 0) is 13.3 Å². The van der Waals surface area contributed by atoms with E-state index in [1.807, 2.05) is 13.1 Å². The van der Waals surface area contributed by atoms with E-state index < -0.39 is 10.4 Å². The highest BCUT2D eigenvalue weighted by Crippen LogP contribution is 2.04. The molecule has 100 valence electrons. The fraction of sp³-hybridized carbons (Fsp3) is 0.700. The summed E-state index contributed by atoms with van der Waals surface area (Å²) in [5.41, 5.74) is 1.10. The van der Waals surface area contributed by atoms with E-state index in [0.717, 1.165) is 17.9 Å². The van der Waals surface area contributed by atoms with Crippen LogP contribution in [0.15, 0.2) is 6.20 Å². The number of aromatic nitrogens is 2. The minimum Gasteiger partial charge on any atom is -0.348 e. The van der Waals surface area contributed by atoms with Crippen molar-refractivity contribution in [1.29, 1.82) is 0 Å². The first-order valence-electron chi connectivity index (χ1n) is 5.53. The minimum atomic E-state index is -4.67. The molecule has 0 aliphatic heterocycles. The average molecular weight is 264 g/mol. The van der Waals surface area contributed by atoms with Crippen molar-refractivity contribution in [2.45, 2.75) is 46.0 Å². The van der Waals surface area contributed by atoms with Crippen LogP contribution in [0.4, 0.5) is 0 Å². The molecular weight excluding hydrogens is 244 g/mol. The first-order chi connectivity index (χ1) is 7.83. The van der Waals surface area contributed by atoms with Crippen LogP contribution in [0.3, 0.4) is 0 Å². The van der Waals surface area contributed by atoms with Crippen molar-refractivity contribution in [2.75, 3.05) is 0 Å². The molecule has 0 saturated carbocycles. The molecule has 0 aromatic carbocycles. The Morgan fingerprint density at radius 3 is 2.29 bits per heavy atom. The summed E-state index contributed by atoms with van der Waals surface area (Å²) < 4.78 is 31.6. The number of imidazole rings is 1. The molecule has 0 atom stereocenters. The standard InChI is InChI=1S/C10H18N2.H2O4S/c1-3-4-5-6-7-10-11-8-9(2)12-10;1-5(2,3)4/h8H,3-7H2,1-2H3,(H,11,12);(H2,1,2,3,4). The molecule has 1 rings (SSSR count). The smallest absolute Gasteiger partial charge is 0.348 e. The van der Waals surface area contributed by atoms with Gasteiger partial charge in [-0.2, -0.15) is 8.42 Å². The number of nitrogens with zero attached hydrogens (tertiary/aromatic N) is 1. The molecule has 0 radical (unpaired) electrons. The van der Waals surface area contributed by atoms with Crippen molar-refractivity contribution in [3.63, 3.8) is 0 Å². The number of hydrogen-bond donors (Lipinski definition) is 3. The Labute approximate surface area is 102 Å². The van der Waals surface area contributed by atoms with Crippen LogP contribution in [0.1, 0.15) is 44.1 Å². The van der Waals surface area contributed by atoms with Gasteiger partial charge in [0.2, 0.25) is 0 Å².